The zero-order chi connectivity index (χ0) is 17.1. The van der Waals surface area contributed by atoms with E-state index in [1.165, 1.54) is 19.2 Å². The number of hydrogen-bond donors (Lipinski definition) is 1. The number of aromatic nitrogens is 4. The minimum atomic E-state index is 0.0966. The first kappa shape index (κ1) is 16.8. The monoisotopic (exact) mass is 330 g/mol. The van der Waals surface area contributed by atoms with Crippen LogP contribution in [0.25, 0.3) is 5.78 Å². The summed E-state index contributed by atoms with van der Waals surface area (Å²) in [6.45, 7) is 8.86. The van der Waals surface area contributed by atoms with Crippen LogP contribution in [0.15, 0.2) is 6.33 Å². The SMILES string of the molecule is CCN(CCNC(=O)CCc1c(C)nc2ncnn2c1C)C1CC1. The summed E-state index contributed by atoms with van der Waals surface area (Å²) in [4.78, 5) is 23.1. The topological polar surface area (TPSA) is 75.4 Å². The first-order valence-electron chi connectivity index (χ1n) is 8.76. The average molecular weight is 330 g/mol. The van der Waals surface area contributed by atoms with Gasteiger partial charge in [-0.15, -0.1) is 0 Å². The third-order valence-corrected chi connectivity index (χ3v) is 4.78. The van der Waals surface area contributed by atoms with Gasteiger partial charge in [-0.3, -0.25) is 9.69 Å². The number of nitrogens with one attached hydrogen (secondary N) is 1. The Morgan fingerprint density at radius 1 is 1.42 bits per heavy atom. The predicted molar refractivity (Wildman–Crippen MR) is 91.9 cm³/mol. The third kappa shape index (κ3) is 3.72. The number of carbonyl (C=O) groups excluding carboxylic acids is 1. The molecule has 1 amide bonds. The molecule has 24 heavy (non-hydrogen) atoms. The third-order valence-electron chi connectivity index (χ3n) is 4.78. The summed E-state index contributed by atoms with van der Waals surface area (Å²) in [5.41, 5.74) is 3.01. The van der Waals surface area contributed by atoms with Crippen LogP contribution >= 0.6 is 0 Å². The number of aryl methyl sites for hydroxylation is 2. The number of rotatable bonds is 8. The quantitative estimate of drug-likeness (QED) is 0.789. The molecular weight excluding hydrogens is 304 g/mol. The van der Waals surface area contributed by atoms with Crippen molar-refractivity contribution < 1.29 is 4.79 Å². The lowest BCUT2D eigenvalue weighted by Crippen LogP contribution is -2.36. The second kappa shape index (κ2) is 7.25. The maximum absolute atomic E-state index is 12.1. The van der Waals surface area contributed by atoms with Crippen molar-refractivity contribution in [2.75, 3.05) is 19.6 Å². The van der Waals surface area contributed by atoms with Crippen molar-refractivity contribution in [1.29, 1.82) is 0 Å². The van der Waals surface area contributed by atoms with Gasteiger partial charge >= 0.3 is 0 Å². The molecule has 1 aliphatic rings. The largest absolute Gasteiger partial charge is 0.355 e. The highest BCUT2D eigenvalue weighted by Gasteiger charge is 2.27. The van der Waals surface area contributed by atoms with E-state index in [0.717, 1.165) is 42.6 Å². The van der Waals surface area contributed by atoms with Crippen molar-refractivity contribution in [3.05, 3.63) is 23.3 Å². The Morgan fingerprint density at radius 3 is 2.92 bits per heavy atom. The van der Waals surface area contributed by atoms with E-state index in [-0.39, 0.29) is 5.91 Å². The first-order valence-corrected chi connectivity index (χ1v) is 8.76. The molecule has 0 atom stereocenters. The lowest BCUT2D eigenvalue weighted by Gasteiger charge is -2.19. The molecule has 1 saturated carbocycles. The lowest BCUT2D eigenvalue weighted by molar-refractivity contribution is -0.121. The van der Waals surface area contributed by atoms with E-state index < -0.39 is 0 Å². The van der Waals surface area contributed by atoms with Gasteiger partial charge in [0.2, 0.25) is 5.91 Å². The average Bonchev–Trinajstić information content (AvgIpc) is 3.29. The fourth-order valence-corrected chi connectivity index (χ4v) is 3.22. The summed E-state index contributed by atoms with van der Waals surface area (Å²) in [6.07, 6.45) is 5.26. The van der Waals surface area contributed by atoms with E-state index in [0.29, 0.717) is 18.6 Å². The summed E-state index contributed by atoms with van der Waals surface area (Å²) >= 11 is 0. The number of hydrogen-bond acceptors (Lipinski definition) is 5. The second-order valence-corrected chi connectivity index (χ2v) is 6.44. The number of fused-ring (bicyclic) bond motifs is 1. The zero-order valence-corrected chi connectivity index (χ0v) is 14.7. The second-order valence-electron chi connectivity index (χ2n) is 6.44. The van der Waals surface area contributed by atoms with E-state index >= 15 is 0 Å². The molecule has 0 aromatic carbocycles. The summed E-state index contributed by atoms with van der Waals surface area (Å²) < 4.78 is 1.73. The van der Waals surface area contributed by atoms with Gasteiger partial charge in [0.1, 0.15) is 6.33 Å². The van der Waals surface area contributed by atoms with Crippen molar-refractivity contribution in [3.63, 3.8) is 0 Å². The fraction of sp³-hybridized carbons (Fsp3) is 0.647. The van der Waals surface area contributed by atoms with E-state index in [4.69, 9.17) is 0 Å². The van der Waals surface area contributed by atoms with Crippen molar-refractivity contribution in [3.8, 4) is 0 Å². The first-order chi connectivity index (χ1) is 11.6. The minimum absolute atomic E-state index is 0.0966. The van der Waals surface area contributed by atoms with Crippen LogP contribution < -0.4 is 5.32 Å². The molecule has 0 aliphatic heterocycles. The molecule has 0 radical (unpaired) electrons. The van der Waals surface area contributed by atoms with Crippen molar-refractivity contribution in [1.82, 2.24) is 29.8 Å². The van der Waals surface area contributed by atoms with Gasteiger partial charge in [-0.25, -0.2) is 9.50 Å². The minimum Gasteiger partial charge on any atom is -0.355 e. The molecule has 3 rings (SSSR count). The number of nitrogens with zero attached hydrogens (tertiary/aromatic N) is 5. The van der Waals surface area contributed by atoms with Gasteiger partial charge in [-0.05, 0) is 45.2 Å². The van der Waals surface area contributed by atoms with Crippen molar-refractivity contribution in [2.45, 2.75) is 52.5 Å². The van der Waals surface area contributed by atoms with Gasteiger partial charge in [-0.1, -0.05) is 6.92 Å². The van der Waals surface area contributed by atoms with E-state index in [1.807, 2.05) is 13.8 Å². The Kier molecular flexibility index (Phi) is 5.08. The zero-order valence-electron chi connectivity index (χ0n) is 14.7. The molecule has 1 fully saturated rings. The van der Waals surface area contributed by atoms with E-state index in [2.05, 4.69) is 32.2 Å². The van der Waals surface area contributed by atoms with Crippen LogP contribution in [0.2, 0.25) is 0 Å². The summed E-state index contributed by atoms with van der Waals surface area (Å²) in [5, 5.41) is 7.22. The van der Waals surface area contributed by atoms with Crippen LogP contribution in [0.1, 0.15) is 43.1 Å². The van der Waals surface area contributed by atoms with Gasteiger partial charge in [0, 0.05) is 36.9 Å². The number of carbonyl (C=O) groups is 1. The molecule has 0 unspecified atom stereocenters. The van der Waals surface area contributed by atoms with Crippen LogP contribution in [0.3, 0.4) is 0 Å². The molecule has 0 bridgehead atoms. The molecular formula is C17H26N6O. The molecule has 2 aromatic heterocycles. The highest BCUT2D eigenvalue weighted by Crippen LogP contribution is 2.25. The van der Waals surface area contributed by atoms with Crippen LogP contribution in [-0.4, -0.2) is 56.1 Å². The Morgan fingerprint density at radius 2 is 2.21 bits per heavy atom. The Bertz CT molecular complexity index is 721. The van der Waals surface area contributed by atoms with Crippen molar-refractivity contribution >= 4 is 11.7 Å². The predicted octanol–water partition coefficient (Wildman–Crippen LogP) is 1.27. The van der Waals surface area contributed by atoms with E-state index in [9.17, 15) is 4.79 Å². The summed E-state index contributed by atoms with van der Waals surface area (Å²) in [5.74, 6) is 0.706. The molecule has 7 nitrogen and oxygen atoms in total. The Labute approximate surface area is 142 Å². The summed E-state index contributed by atoms with van der Waals surface area (Å²) in [6, 6.07) is 0.748. The Balaban J connectivity index is 1.51. The van der Waals surface area contributed by atoms with Crippen LogP contribution in [0.5, 0.6) is 0 Å². The van der Waals surface area contributed by atoms with Crippen LogP contribution in [-0.2, 0) is 11.2 Å². The highest BCUT2D eigenvalue weighted by molar-refractivity contribution is 5.76. The molecule has 2 heterocycles. The van der Waals surface area contributed by atoms with Gasteiger partial charge in [-0.2, -0.15) is 10.1 Å². The molecule has 7 heteroatoms. The highest BCUT2D eigenvalue weighted by atomic mass is 16.1. The van der Waals surface area contributed by atoms with E-state index in [1.54, 1.807) is 4.52 Å². The van der Waals surface area contributed by atoms with Gasteiger partial charge in [0.25, 0.3) is 5.78 Å². The van der Waals surface area contributed by atoms with Gasteiger partial charge in [0.15, 0.2) is 0 Å². The molecule has 2 aromatic rings. The van der Waals surface area contributed by atoms with Gasteiger partial charge in [0.05, 0.1) is 0 Å². The maximum Gasteiger partial charge on any atom is 0.252 e. The summed E-state index contributed by atoms with van der Waals surface area (Å²) in [7, 11) is 0. The van der Waals surface area contributed by atoms with Crippen molar-refractivity contribution in [2.24, 2.45) is 0 Å². The number of amides is 1. The number of likely N-dealkylation sites (N-methyl/N-ethyl adjacent to an activating group) is 1. The van der Waals surface area contributed by atoms with Gasteiger partial charge < -0.3 is 5.32 Å². The normalized spacial score (nSPS) is 14.5. The fourth-order valence-electron chi connectivity index (χ4n) is 3.22. The molecule has 0 saturated heterocycles. The molecule has 130 valence electrons. The van der Waals surface area contributed by atoms with Crippen LogP contribution in [0.4, 0.5) is 0 Å². The molecule has 1 N–H and O–H groups in total. The standard InChI is InChI=1S/C17H26N6O/c1-4-22(14-5-6-14)10-9-18-16(24)8-7-15-12(2)21-17-19-11-20-23(17)13(15)3/h11,14H,4-10H2,1-3H3,(H,18,24). The maximum atomic E-state index is 12.1. The smallest absolute Gasteiger partial charge is 0.252 e. The van der Waals surface area contributed by atoms with Crippen LogP contribution in [0, 0.1) is 13.8 Å². The lowest BCUT2D eigenvalue weighted by atomic mass is 10.1. The molecule has 1 aliphatic carbocycles. The Hall–Kier alpha value is -2.02. The molecule has 0 spiro atoms.